The summed E-state index contributed by atoms with van der Waals surface area (Å²) < 4.78 is 6.39. The molecule has 0 radical (unpaired) electrons. The molecule has 0 saturated carbocycles. The number of rotatable bonds is 6. The SMILES string of the molecule is CCCCC(C)(C)C(C)([SiH3])O[Si](C)(C)C. The Morgan fingerprint density at radius 2 is 1.60 bits per heavy atom. The van der Waals surface area contributed by atoms with E-state index < -0.39 is 8.32 Å². The Bertz CT molecular complexity index is 192. The van der Waals surface area contributed by atoms with Crippen LogP contribution in [0.25, 0.3) is 0 Å². The summed E-state index contributed by atoms with van der Waals surface area (Å²) in [6, 6.07) is 0. The van der Waals surface area contributed by atoms with E-state index in [1.807, 2.05) is 0 Å². The molecule has 3 heteroatoms. The van der Waals surface area contributed by atoms with E-state index in [1.165, 1.54) is 19.3 Å². The quantitative estimate of drug-likeness (QED) is 0.654. The van der Waals surface area contributed by atoms with Crippen LogP contribution in [0.15, 0.2) is 0 Å². The number of hydrogen-bond acceptors (Lipinski definition) is 1. The number of unbranched alkanes of at least 4 members (excludes halogenated alkanes) is 1. The minimum absolute atomic E-state index is 0.132. The van der Waals surface area contributed by atoms with Gasteiger partial charge in [0.25, 0.3) is 0 Å². The zero-order valence-electron chi connectivity index (χ0n) is 12.0. The third-order valence-electron chi connectivity index (χ3n) is 3.35. The highest BCUT2D eigenvalue weighted by molar-refractivity contribution is 6.70. The lowest BCUT2D eigenvalue weighted by atomic mass is 9.81. The molecule has 1 atom stereocenters. The van der Waals surface area contributed by atoms with Crippen LogP contribution in [0.2, 0.25) is 19.6 Å². The van der Waals surface area contributed by atoms with E-state index in [2.05, 4.69) is 47.3 Å². The minimum atomic E-state index is -1.41. The molecule has 0 aromatic carbocycles. The Balaban J connectivity index is 4.54. The lowest BCUT2D eigenvalue weighted by Gasteiger charge is -2.46. The van der Waals surface area contributed by atoms with Gasteiger partial charge in [-0.15, -0.1) is 0 Å². The molecular formula is C12H30OSi2. The molecule has 15 heavy (non-hydrogen) atoms. The maximum absolute atomic E-state index is 6.39. The van der Waals surface area contributed by atoms with E-state index in [0.29, 0.717) is 5.41 Å². The van der Waals surface area contributed by atoms with Gasteiger partial charge in [-0.2, -0.15) is 0 Å². The normalized spacial score (nSPS) is 17.8. The fourth-order valence-electron chi connectivity index (χ4n) is 1.82. The Labute approximate surface area is 101 Å². The molecule has 0 bridgehead atoms. The smallest absolute Gasteiger partial charge is 0.184 e. The Morgan fingerprint density at radius 3 is 1.93 bits per heavy atom. The van der Waals surface area contributed by atoms with Gasteiger partial charge in [0, 0.05) is 15.5 Å². The third kappa shape index (κ3) is 5.32. The molecule has 0 aliphatic carbocycles. The van der Waals surface area contributed by atoms with E-state index in [0.717, 1.165) is 10.2 Å². The minimum Gasteiger partial charge on any atom is -0.416 e. The number of hydrogen-bond donors (Lipinski definition) is 0. The van der Waals surface area contributed by atoms with Gasteiger partial charge in [-0.25, -0.2) is 0 Å². The summed E-state index contributed by atoms with van der Waals surface area (Å²) in [6.45, 7) is 16.2. The van der Waals surface area contributed by atoms with Crippen LogP contribution in [0.4, 0.5) is 0 Å². The van der Waals surface area contributed by atoms with Crippen LogP contribution in [0.1, 0.15) is 47.0 Å². The van der Waals surface area contributed by atoms with Crippen molar-refractivity contribution in [3.05, 3.63) is 0 Å². The van der Waals surface area contributed by atoms with Crippen molar-refractivity contribution in [3.8, 4) is 0 Å². The molecule has 92 valence electrons. The molecule has 0 aliphatic heterocycles. The Hall–Kier alpha value is 0.394. The zero-order valence-corrected chi connectivity index (χ0v) is 15.0. The molecule has 0 heterocycles. The molecule has 0 rings (SSSR count). The van der Waals surface area contributed by atoms with Gasteiger partial charge in [0.2, 0.25) is 0 Å². The summed E-state index contributed by atoms with van der Waals surface area (Å²) >= 11 is 0. The largest absolute Gasteiger partial charge is 0.416 e. The molecule has 0 fully saturated rings. The van der Waals surface area contributed by atoms with E-state index >= 15 is 0 Å². The molecule has 0 aromatic heterocycles. The average Bonchev–Trinajstić information content (AvgIpc) is 1.96. The van der Waals surface area contributed by atoms with Crippen molar-refractivity contribution in [1.29, 1.82) is 0 Å². The highest BCUT2D eigenvalue weighted by Crippen LogP contribution is 2.38. The van der Waals surface area contributed by atoms with Crippen molar-refractivity contribution >= 4 is 18.6 Å². The van der Waals surface area contributed by atoms with Crippen LogP contribution in [-0.2, 0) is 4.43 Å². The summed E-state index contributed by atoms with van der Waals surface area (Å²) in [5, 5.41) is 0.132. The van der Waals surface area contributed by atoms with Crippen molar-refractivity contribution in [2.45, 2.75) is 71.8 Å². The summed E-state index contributed by atoms with van der Waals surface area (Å²) in [5.74, 6) is 0. The topological polar surface area (TPSA) is 9.23 Å². The first-order chi connectivity index (χ1) is 6.52. The highest BCUT2D eigenvalue weighted by atomic mass is 28.4. The van der Waals surface area contributed by atoms with Crippen molar-refractivity contribution in [2.75, 3.05) is 0 Å². The molecule has 0 saturated heterocycles. The van der Waals surface area contributed by atoms with Crippen LogP contribution in [0, 0.1) is 5.41 Å². The van der Waals surface area contributed by atoms with Crippen LogP contribution < -0.4 is 0 Å². The molecule has 0 N–H and O–H groups in total. The van der Waals surface area contributed by atoms with Gasteiger partial charge in [0.1, 0.15) is 0 Å². The fraction of sp³-hybridized carbons (Fsp3) is 1.00. The van der Waals surface area contributed by atoms with Gasteiger partial charge in [-0.1, -0.05) is 33.6 Å². The van der Waals surface area contributed by atoms with E-state index in [4.69, 9.17) is 4.43 Å². The maximum Gasteiger partial charge on any atom is 0.184 e. The van der Waals surface area contributed by atoms with Gasteiger partial charge >= 0.3 is 0 Å². The van der Waals surface area contributed by atoms with Crippen LogP contribution in [0.5, 0.6) is 0 Å². The second-order valence-electron chi connectivity index (χ2n) is 6.71. The lowest BCUT2D eigenvalue weighted by Crippen LogP contribution is -2.51. The van der Waals surface area contributed by atoms with Crippen molar-refractivity contribution < 1.29 is 4.43 Å². The summed E-state index contributed by atoms with van der Waals surface area (Å²) in [7, 11) is -0.290. The summed E-state index contributed by atoms with van der Waals surface area (Å²) in [4.78, 5) is 0. The van der Waals surface area contributed by atoms with Crippen molar-refractivity contribution in [2.24, 2.45) is 5.41 Å². The van der Waals surface area contributed by atoms with Crippen molar-refractivity contribution in [1.82, 2.24) is 0 Å². The van der Waals surface area contributed by atoms with Crippen LogP contribution >= 0.6 is 0 Å². The monoisotopic (exact) mass is 246 g/mol. The first-order valence-electron chi connectivity index (χ1n) is 6.22. The van der Waals surface area contributed by atoms with Crippen LogP contribution in [-0.4, -0.2) is 23.8 Å². The van der Waals surface area contributed by atoms with E-state index in [1.54, 1.807) is 0 Å². The standard InChI is InChI=1S/C12H30OSi2/c1-8-9-10-11(2,3)12(4,14)13-15(5,6)7/h8-10H2,1-7,14H3. The van der Waals surface area contributed by atoms with Gasteiger partial charge in [0.05, 0.1) is 0 Å². The van der Waals surface area contributed by atoms with Gasteiger partial charge < -0.3 is 4.43 Å². The predicted octanol–water partition coefficient (Wildman–Crippen LogP) is 3.14. The highest BCUT2D eigenvalue weighted by Gasteiger charge is 2.39. The molecule has 0 aromatic rings. The van der Waals surface area contributed by atoms with Gasteiger partial charge in [0.15, 0.2) is 8.32 Å². The Kier molecular flexibility index (Phi) is 5.28. The van der Waals surface area contributed by atoms with Crippen LogP contribution in [0.3, 0.4) is 0 Å². The molecule has 0 spiro atoms. The van der Waals surface area contributed by atoms with Gasteiger partial charge in [-0.3, -0.25) is 0 Å². The molecule has 0 amide bonds. The van der Waals surface area contributed by atoms with E-state index in [-0.39, 0.29) is 5.22 Å². The third-order valence-corrected chi connectivity index (χ3v) is 6.44. The summed E-state index contributed by atoms with van der Waals surface area (Å²) in [6.07, 6.45) is 3.89. The molecule has 1 unspecified atom stereocenters. The zero-order chi connectivity index (χ0) is 12.3. The first-order valence-corrected chi connectivity index (χ1v) is 10.6. The van der Waals surface area contributed by atoms with E-state index in [9.17, 15) is 0 Å². The Morgan fingerprint density at radius 1 is 1.13 bits per heavy atom. The summed E-state index contributed by atoms with van der Waals surface area (Å²) in [5.41, 5.74) is 0.329. The fourth-order valence-corrected chi connectivity index (χ4v) is 5.72. The molecule has 1 nitrogen and oxygen atoms in total. The molecule has 0 aliphatic rings. The average molecular weight is 247 g/mol. The second-order valence-corrected chi connectivity index (χ2v) is 13.0. The van der Waals surface area contributed by atoms with Crippen molar-refractivity contribution in [3.63, 3.8) is 0 Å². The second kappa shape index (κ2) is 5.15. The predicted molar refractivity (Wildman–Crippen MR) is 76.1 cm³/mol. The first kappa shape index (κ1) is 15.4. The molecular weight excluding hydrogens is 216 g/mol. The lowest BCUT2D eigenvalue weighted by molar-refractivity contribution is 0.0331. The maximum atomic E-state index is 6.39. The van der Waals surface area contributed by atoms with Gasteiger partial charge in [-0.05, 0) is 38.4 Å².